The molecule has 0 spiro atoms. The van der Waals surface area contributed by atoms with Crippen LogP contribution in [0.15, 0.2) is 18.3 Å². The average Bonchev–Trinajstić information content (AvgIpc) is 3.04. The molecule has 1 aliphatic rings. The molecule has 1 N–H and O–H groups in total. The van der Waals surface area contributed by atoms with Crippen LogP contribution in [0.1, 0.15) is 65.2 Å². The summed E-state index contributed by atoms with van der Waals surface area (Å²) >= 11 is 0. The minimum Gasteiger partial charge on any atom is -0.444 e. The fraction of sp³-hybridized carbons (Fsp3) is 0.737. The summed E-state index contributed by atoms with van der Waals surface area (Å²) in [7, 11) is 0. The number of nitrogens with zero attached hydrogens (tertiary/aromatic N) is 1. The average molecular weight is 336 g/mol. The maximum Gasteiger partial charge on any atom is 0.410 e. The van der Waals surface area contributed by atoms with Crippen molar-refractivity contribution in [2.24, 2.45) is 5.92 Å². The van der Waals surface area contributed by atoms with Crippen LogP contribution in [0.5, 0.6) is 0 Å². The highest BCUT2D eigenvalue weighted by Gasteiger charge is 2.26. The van der Waals surface area contributed by atoms with E-state index in [-0.39, 0.29) is 12.2 Å². The van der Waals surface area contributed by atoms with Gasteiger partial charge in [-0.1, -0.05) is 0 Å². The Balaban J connectivity index is 1.59. The standard InChI is InChI=1S/C19H32N2O3/c1-15(17-8-5-11-20-17)23-14-6-7-16-9-12-21(13-10-16)18(22)24-19(2,3)4/h5,8,11,15-16,20H,6-7,9-10,12-14H2,1-4H3. The Morgan fingerprint density at radius 1 is 1.38 bits per heavy atom. The summed E-state index contributed by atoms with van der Waals surface area (Å²) in [6.07, 6.45) is 6.23. The van der Waals surface area contributed by atoms with Gasteiger partial charge in [-0.3, -0.25) is 0 Å². The Bertz CT molecular complexity index is 485. The van der Waals surface area contributed by atoms with Gasteiger partial charge in [0.2, 0.25) is 0 Å². The van der Waals surface area contributed by atoms with Gasteiger partial charge in [0.15, 0.2) is 0 Å². The van der Waals surface area contributed by atoms with Crippen LogP contribution in [0.4, 0.5) is 4.79 Å². The van der Waals surface area contributed by atoms with Gasteiger partial charge in [-0.05, 0) is 71.4 Å². The van der Waals surface area contributed by atoms with Gasteiger partial charge in [0.25, 0.3) is 0 Å². The first-order chi connectivity index (χ1) is 11.3. The van der Waals surface area contributed by atoms with Crippen molar-refractivity contribution in [3.8, 4) is 0 Å². The van der Waals surface area contributed by atoms with Crippen LogP contribution < -0.4 is 0 Å². The summed E-state index contributed by atoms with van der Waals surface area (Å²) < 4.78 is 11.3. The van der Waals surface area contributed by atoms with Gasteiger partial charge in [-0.2, -0.15) is 0 Å². The van der Waals surface area contributed by atoms with Crippen molar-refractivity contribution >= 4 is 6.09 Å². The highest BCUT2D eigenvalue weighted by molar-refractivity contribution is 5.68. The van der Waals surface area contributed by atoms with Crippen molar-refractivity contribution in [3.05, 3.63) is 24.0 Å². The summed E-state index contributed by atoms with van der Waals surface area (Å²) in [4.78, 5) is 17.1. The van der Waals surface area contributed by atoms with E-state index in [2.05, 4.69) is 18.0 Å². The van der Waals surface area contributed by atoms with Crippen LogP contribution in [-0.2, 0) is 9.47 Å². The third kappa shape index (κ3) is 6.19. The summed E-state index contributed by atoms with van der Waals surface area (Å²) in [6, 6.07) is 4.05. The van der Waals surface area contributed by atoms with E-state index < -0.39 is 5.60 Å². The first kappa shape index (κ1) is 18.8. The zero-order valence-corrected chi connectivity index (χ0v) is 15.5. The van der Waals surface area contributed by atoms with Crippen molar-refractivity contribution < 1.29 is 14.3 Å². The number of carbonyl (C=O) groups excluding carboxylic acids is 1. The monoisotopic (exact) mass is 336 g/mol. The van der Waals surface area contributed by atoms with Gasteiger partial charge < -0.3 is 19.4 Å². The molecule has 2 heterocycles. The third-order valence-electron chi connectivity index (χ3n) is 4.45. The molecule has 0 aliphatic carbocycles. The Kier molecular flexibility index (Phi) is 6.72. The number of aromatic amines is 1. The molecule has 0 aromatic carbocycles. The molecule has 136 valence electrons. The highest BCUT2D eigenvalue weighted by atomic mass is 16.6. The third-order valence-corrected chi connectivity index (χ3v) is 4.45. The van der Waals surface area contributed by atoms with Crippen molar-refractivity contribution in [3.63, 3.8) is 0 Å². The highest BCUT2D eigenvalue weighted by Crippen LogP contribution is 2.24. The predicted molar refractivity (Wildman–Crippen MR) is 94.9 cm³/mol. The van der Waals surface area contributed by atoms with Crippen LogP contribution in [-0.4, -0.2) is 41.3 Å². The van der Waals surface area contributed by atoms with E-state index in [9.17, 15) is 4.79 Å². The number of aromatic nitrogens is 1. The lowest BCUT2D eigenvalue weighted by Crippen LogP contribution is -2.41. The molecule has 2 rings (SSSR count). The molecule has 0 saturated carbocycles. The Morgan fingerprint density at radius 2 is 2.08 bits per heavy atom. The lowest BCUT2D eigenvalue weighted by molar-refractivity contribution is 0.0169. The van der Waals surface area contributed by atoms with Crippen LogP contribution in [0, 0.1) is 5.92 Å². The predicted octanol–water partition coefficient (Wildman–Crippen LogP) is 4.52. The molecular formula is C19H32N2O3. The second-order valence-corrected chi connectivity index (χ2v) is 7.69. The number of amides is 1. The van der Waals surface area contributed by atoms with Gasteiger partial charge in [0.1, 0.15) is 5.60 Å². The van der Waals surface area contributed by atoms with Gasteiger partial charge >= 0.3 is 6.09 Å². The molecular weight excluding hydrogens is 304 g/mol. The zero-order chi connectivity index (χ0) is 17.6. The number of piperidine rings is 1. The number of H-pyrrole nitrogens is 1. The minimum atomic E-state index is -0.416. The molecule has 1 atom stereocenters. The van der Waals surface area contributed by atoms with Gasteiger partial charge in [0, 0.05) is 31.6 Å². The van der Waals surface area contributed by atoms with Gasteiger partial charge in [0.05, 0.1) is 6.10 Å². The zero-order valence-electron chi connectivity index (χ0n) is 15.5. The van der Waals surface area contributed by atoms with Crippen LogP contribution in [0.3, 0.4) is 0 Å². The number of hydrogen-bond donors (Lipinski definition) is 1. The Labute approximate surface area is 145 Å². The van der Waals surface area contributed by atoms with E-state index >= 15 is 0 Å². The summed E-state index contributed by atoms with van der Waals surface area (Å²) in [6.45, 7) is 10.2. The molecule has 24 heavy (non-hydrogen) atoms. The van der Waals surface area contributed by atoms with E-state index in [0.29, 0.717) is 5.92 Å². The van der Waals surface area contributed by atoms with Crippen LogP contribution in [0.25, 0.3) is 0 Å². The molecule has 0 radical (unpaired) electrons. The SMILES string of the molecule is CC(OCCCC1CCN(C(=O)OC(C)(C)C)CC1)c1ccc[nH]1. The number of ether oxygens (including phenoxy) is 2. The molecule has 0 bridgehead atoms. The summed E-state index contributed by atoms with van der Waals surface area (Å²) in [5, 5.41) is 0. The van der Waals surface area contributed by atoms with Gasteiger partial charge in [-0.15, -0.1) is 0 Å². The molecule has 1 unspecified atom stereocenters. The minimum absolute atomic E-state index is 0.119. The largest absolute Gasteiger partial charge is 0.444 e. The van der Waals surface area contributed by atoms with E-state index in [1.807, 2.05) is 37.9 Å². The first-order valence-corrected chi connectivity index (χ1v) is 9.08. The van der Waals surface area contributed by atoms with E-state index in [1.165, 1.54) is 6.42 Å². The molecule has 1 amide bonds. The van der Waals surface area contributed by atoms with Gasteiger partial charge in [-0.25, -0.2) is 4.79 Å². The van der Waals surface area contributed by atoms with Crippen molar-refractivity contribution in [1.29, 1.82) is 0 Å². The van der Waals surface area contributed by atoms with Crippen molar-refractivity contribution in [2.75, 3.05) is 19.7 Å². The first-order valence-electron chi connectivity index (χ1n) is 9.08. The van der Waals surface area contributed by atoms with Crippen molar-refractivity contribution in [2.45, 2.75) is 65.1 Å². The number of likely N-dealkylation sites (tertiary alicyclic amines) is 1. The maximum absolute atomic E-state index is 12.0. The fourth-order valence-electron chi connectivity index (χ4n) is 3.05. The number of carbonyl (C=O) groups is 1. The van der Waals surface area contributed by atoms with E-state index in [4.69, 9.17) is 9.47 Å². The molecule has 1 aromatic rings. The molecule has 1 aliphatic heterocycles. The molecule has 5 nitrogen and oxygen atoms in total. The lowest BCUT2D eigenvalue weighted by atomic mass is 9.92. The maximum atomic E-state index is 12.0. The Morgan fingerprint density at radius 3 is 2.67 bits per heavy atom. The molecule has 5 heteroatoms. The number of rotatable bonds is 6. The van der Waals surface area contributed by atoms with Crippen LogP contribution in [0.2, 0.25) is 0 Å². The smallest absolute Gasteiger partial charge is 0.410 e. The van der Waals surface area contributed by atoms with E-state index in [0.717, 1.165) is 44.7 Å². The number of nitrogens with one attached hydrogen (secondary N) is 1. The lowest BCUT2D eigenvalue weighted by Gasteiger charge is -2.33. The molecule has 1 fully saturated rings. The van der Waals surface area contributed by atoms with Crippen LogP contribution >= 0.6 is 0 Å². The summed E-state index contributed by atoms with van der Waals surface area (Å²) in [5.74, 6) is 0.688. The summed E-state index contributed by atoms with van der Waals surface area (Å²) in [5.41, 5.74) is 0.710. The number of hydrogen-bond acceptors (Lipinski definition) is 3. The topological polar surface area (TPSA) is 54.6 Å². The second kappa shape index (κ2) is 8.56. The molecule has 1 aromatic heterocycles. The normalized spacial score (nSPS) is 17.8. The van der Waals surface area contributed by atoms with E-state index in [1.54, 1.807) is 0 Å². The molecule has 1 saturated heterocycles. The fourth-order valence-corrected chi connectivity index (χ4v) is 3.05. The second-order valence-electron chi connectivity index (χ2n) is 7.69. The Hall–Kier alpha value is -1.49. The van der Waals surface area contributed by atoms with Crippen molar-refractivity contribution in [1.82, 2.24) is 9.88 Å². The quantitative estimate of drug-likeness (QED) is 0.777.